The molecule has 0 fully saturated rings. The molecule has 0 spiro atoms. The molecule has 0 aromatic carbocycles. The molecule has 30 heavy (non-hydrogen) atoms. The van der Waals surface area contributed by atoms with Crippen molar-refractivity contribution in [1.29, 1.82) is 0 Å². The van der Waals surface area contributed by atoms with E-state index >= 15 is 0 Å². The maximum absolute atomic E-state index is 12.0. The Morgan fingerprint density at radius 3 is 2.40 bits per heavy atom. The number of aliphatic imine (C=N–C) groups is 1. The molecular formula is C21H41IN6O2. The van der Waals surface area contributed by atoms with Crippen molar-refractivity contribution >= 4 is 36.0 Å². The Bertz CT molecular complexity index is 682. The lowest BCUT2D eigenvalue weighted by atomic mass is 10.1. The zero-order chi connectivity index (χ0) is 22.0. The number of hydrogen-bond donors (Lipinski definition) is 3. The molecule has 1 unspecified atom stereocenters. The number of alkyl carbamates (subject to hydrolysis) is 1. The summed E-state index contributed by atoms with van der Waals surface area (Å²) in [7, 11) is 1.95. The number of carbonyl (C=O) groups is 1. The number of aromatic nitrogens is 2. The Hall–Kier alpha value is -1.52. The Morgan fingerprint density at radius 2 is 1.90 bits per heavy atom. The van der Waals surface area contributed by atoms with Crippen molar-refractivity contribution in [2.75, 3.05) is 13.1 Å². The first-order valence-corrected chi connectivity index (χ1v) is 10.6. The van der Waals surface area contributed by atoms with E-state index in [1.807, 2.05) is 46.3 Å². The summed E-state index contributed by atoms with van der Waals surface area (Å²) >= 11 is 0. The van der Waals surface area contributed by atoms with E-state index in [4.69, 9.17) is 9.73 Å². The molecule has 0 saturated heterocycles. The van der Waals surface area contributed by atoms with Crippen molar-refractivity contribution < 1.29 is 9.53 Å². The van der Waals surface area contributed by atoms with Gasteiger partial charge in [0.05, 0.1) is 12.2 Å². The molecule has 0 aliphatic heterocycles. The van der Waals surface area contributed by atoms with Gasteiger partial charge in [0.1, 0.15) is 5.60 Å². The predicted octanol–water partition coefficient (Wildman–Crippen LogP) is 3.79. The summed E-state index contributed by atoms with van der Waals surface area (Å²) in [5, 5.41) is 14.1. The fourth-order valence-corrected chi connectivity index (χ4v) is 2.91. The first-order valence-electron chi connectivity index (χ1n) is 10.6. The Labute approximate surface area is 199 Å². The molecule has 0 aliphatic carbocycles. The summed E-state index contributed by atoms with van der Waals surface area (Å²) in [6.07, 6.45) is 2.69. The number of carbonyl (C=O) groups excluding carboxylic acids is 1. The topological polar surface area (TPSA) is 92.6 Å². The minimum absolute atomic E-state index is 0. The van der Waals surface area contributed by atoms with Crippen LogP contribution in [0, 0.1) is 13.8 Å². The van der Waals surface area contributed by atoms with Crippen LogP contribution in [0.1, 0.15) is 70.8 Å². The van der Waals surface area contributed by atoms with Crippen LogP contribution >= 0.6 is 24.0 Å². The number of nitrogens with zero attached hydrogens (tertiary/aromatic N) is 3. The van der Waals surface area contributed by atoms with E-state index in [0.717, 1.165) is 48.7 Å². The van der Waals surface area contributed by atoms with E-state index in [1.165, 1.54) is 0 Å². The summed E-state index contributed by atoms with van der Waals surface area (Å²) < 4.78 is 7.23. The molecule has 174 valence electrons. The van der Waals surface area contributed by atoms with Gasteiger partial charge in [-0.2, -0.15) is 5.10 Å². The molecule has 0 radical (unpaired) electrons. The average molecular weight is 537 g/mol. The molecule has 0 aliphatic rings. The van der Waals surface area contributed by atoms with Gasteiger partial charge in [-0.05, 0) is 48.0 Å². The minimum atomic E-state index is -0.508. The third-order valence-electron chi connectivity index (χ3n) is 4.54. The summed E-state index contributed by atoms with van der Waals surface area (Å²) in [6, 6.07) is 0.0661. The second-order valence-corrected chi connectivity index (χ2v) is 8.33. The maximum atomic E-state index is 12.0. The number of ether oxygens (including phenoxy) is 1. The molecule has 8 nitrogen and oxygen atoms in total. The lowest BCUT2D eigenvalue weighted by Gasteiger charge is -2.24. The van der Waals surface area contributed by atoms with Crippen molar-refractivity contribution in [2.45, 2.75) is 85.9 Å². The van der Waals surface area contributed by atoms with Crippen molar-refractivity contribution in [2.24, 2.45) is 12.0 Å². The van der Waals surface area contributed by atoms with Crippen LogP contribution in [0.4, 0.5) is 4.79 Å². The summed E-state index contributed by atoms with van der Waals surface area (Å²) in [4.78, 5) is 16.8. The van der Waals surface area contributed by atoms with Gasteiger partial charge in [-0.25, -0.2) is 9.79 Å². The first kappa shape index (κ1) is 28.5. The largest absolute Gasteiger partial charge is 0.444 e. The first-order chi connectivity index (χ1) is 13.6. The molecule has 9 heteroatoms. The van der Waals surface area contributed by atoms with Gasteiger partial charge in [-0.3, -0.25) is 4.68 Å². The number of hydrogen-bond acceptors (Lipinski definition) is 4. The van der Waals surface area contributed by atoms with Crippen LogP contribution < -0.4 is 16.0 Å². The van der Waals surface area contributed by atoms with E-state index in [9.17, 15) is 4.79 Å². The Morgan fingerprint density at radius 1 is 1.23 bits per heavy atom. The lowest BCUT2D eigenvalue weighted by Crippen LogP contribution is -2.49. The molecule has 1 heterocycles. The van der Waals surface area contributed by atoms with Gasteiger partial charge in [0.15, 0.2) is 5.96 Å². The van der Waals surface area contributed by atoms with Gasteiger partial charge >= 0.3 is 6.09 Å². The molecule has 1 aromatic rings. The molecular weight excluding hydrogens is 495 g/mol. The summed E-state index contributed by atoms with van der Waals surface area (Å²) in [6.45, 7) is 15.6. The SMILES string of the molecule is CCCCC(CNC(=O)OC(C)(C)C)NC(=NCc1c(C)nn(C)c1C)NCC.I. The number of halogens is 1. The van der Waals surface area contributed by atoms with Gasteiger partial charge in [0, 0.05) is 37.4 Å². The van der Waals surface area contributed by atoms with Crippen molar-refractivity contribution in [3.63, 3.8) is 0 Å². The van der Waals surface area contributed by atoms with Crippen LogP contribution in [0.3, 0.4) is 0 Å². The third-order valence-corrected chi connectivity index (χ3v) is 4.54. The number of amides is 1. The Kier molecular flexibility index (Phi) is 13.0. The third kappa shape index (κ3) is 10.5. The van der Waals surface area contributed by atoms with Gasteiger partial charge in [0.25, 0.3) is 0 Å². The molecule has 1 atom stereocenters. The van der Waals surface area contributed by atoms with Crippen LogP contribution in [0.5, 0.6) is 0 Å². The van der Waals surface area contributed by atoms with Crippen molar-refractivity contribution in [3.8, 4) is 0 Å². The number of nitrogens with one attached hydrogen (secondary N) is 3. The highest BCUT2D eigenvalue weighted by Gasteiger charge is 2.18. The number of guanidine groups is 1. The summed E-state index contributed by atoms with van der Waals surface area (Å²) in [5.74, 6) is 0.738. The van der Waals surface area contributed by atoms with E-state index in [-0.39, 0.29) is 30.0 Å². The van der Waals surface area contributed by atoms with Crippen LogP contribution in [0.25, 0.3) is 0 Å². The highest BCUT2D eigenvalue weighted by Crippen LogP contribution is 2.13. The molecule has 1 rings (SSSR count). The second kappa shape index (κ2) is 13.7. The number of rotatable bonds is 9. The monoisotopic (exact) mass is 536 g/mol. The van der Waals surface area contributed by atoms with E-state index in [0.29, 0.717) is 13.1 Å². The Balaban J connectivity index is 0.00000841. The minimum Gasteiger partial charge on any atom is -0.444 e. The highest BCUT2D eigenvalue weighted by atomic mass is 127. The summed E-state index contributed by atoms with van der Waals surface area (Å²) in [5.41, 5.74) is 2.75. The van der Waals surface area contributed by atoms with Crippen molar-refractivity contribution in [1.82, 2.24) is 25.7 Å². The second-order valence-electron chi connectivity index (χ2n) is 8.33. The fraction of sp³-hybridized carbons (Fsp3) is 0.762. The van der Waals surface area contributed by atoms with Gasteiger partial charge in [0.2, 0.25) is 0 Å². The fourth-order valence-electron chi connectivity index (χ4n) is 2.91. The quantitative estimate of drug-likeness (QED) is 0.254. The molecule has 1 aromatic heterocycles. The van der Waals surface area contributed by atoms with E-state index in [2.05, 4.69) is 34.9 Å². The smallest absolute Gasteiger partial charge is 0.407 e. The van der Waals surface area contributed by atoms with Crippen LogP contribution in [-0.4, -0.2) is 46.6 Å². The number of unbranched alkanes of at least 4 members (excludes halogenated alkanes) is 1. The van der Waals surface area contributed by atoms with E-state index in [1.54, 1.807) is 0 Å². The number of aryl methyl sites for hydroxylation is 2. The van der Waals surface area contributed by atoms with Gasteiger partial charge in [-0.15, -0.1) is 24.0 Å². The predicted molar refractivity (Wildman–Crippen MR) is 134 cm³/mol. The standard InChI is InChI=1S/C21H40N6O2.HI/c1-9-11-12-17(13-24-20(28)29-21(5,6)7)25-19(22-10-2)23-14-18-15(3)26-27(8)16(18)4;/h17H,9-14H2,1-8H3,(H,24,28)(H2,22,23,25);1H. The highest BCUT2D eigenvalue weighted by molar-refractivity contribution is 14.0. The molecule has 1 amide bonds. The molecule has 0 saturated carbocycles. The van der Waals surface area contributed by atoms with Crippen molar-refractivity contribution in [3.05, 3.63) is 17.0 Å². The zero-order valence-electron chi connectivity index (χ0n) is 19.9. The maximum Gasteiger partial charge on any atom is 0.407 e. The molecule has 0 bridgehead atoms. The van der Waals surface area contributed by atoms with Crippen LogP contribution in [-0.2, 0) is 18.3 Å². The zero-order valence-corrected chi connectivity index (χ0v) is 22.2. The van der Waals surface area contributed by atoms with Crippen LogP contribution in [0.2, 0.25) is 0 Å². The average Bonchev–Trinajstić information content (AvgIpc) is 2.85. The van der Waals surface area contributed by atoms with Crippen LogP contribution in [0.15, 0.2) is 4.99 Å². The van der Waals surface area contributed by atoms with Gasteiger partial charge in [-0.1, -0.05) is 19.8 Å². The molecule has 3 N–H and O–H groups in total. The van der Waals surface area contributed by atoms with E-state index < -0.39 is 11.7 Å². The lowest BCUT2D eigenvalue weighted by molar-refractivity contribution is 0.0522. The normalized spacial score (nSPS) is 12.7. The van der Waals surface area contributed by atoms with Gasteiger partial charge < -0.3 is 20.7 Å².